The minimum Gasteiger partial charge on any atom is -0.378 e. The lowest BCUT2D eigenvalue weighted by atomic mass is 9.86. The molecule has 1 aliphatic heterocycles. The first-order chi connectivity index (χ1) is 10.2. The number of rotatable bonds is 3. The summed E-state index contributed by atoms with van der Waals surface area (Å²) in [4.78, 5) is 15.0. The average Bonchev–Trinajstić information content (AvgIpc) is 3.44. The summed E-state index contributed by atoms with van der Waals surface area (Å²) >= 11 is 0. The molecule has 0 unspecified atom stereocenters. The molecule has 4 heteroatoms. The summed E-state index contributed by atoms with van der Waals surface area (Å²) in [5, 5.41) is 0. The van der Waals surface area contributed by atoms with Crippen molar-refractivity contribution in [3.8, 4) is 0 Å². The van der Waals surface area contributed by atoms with E-state index in [9.17, 15) is 4.79 Å². The van der Waals surface area contributed by atoms with E-state index in [1.807, 2.05) is 17.0 Å². The van der Waals surface area contributed by atoms with Crippen LogP contribution >= 0.6 is 0 Å². The second-order valence-corrected chi connectivity index (χ2v) is 6.69. The summed E-state index contributed by atoms with van der Waals surface area (Å²) in [7, 11) is 0. The van der Waals surface area contributed by atoms with Crippen LogP contribution in [0.2, 0.25) is 0 Å². The molecule has 4 rings (SSSR count). The second kappa shape index (κ2) is 4.55. The molecule has 3 aliphatic rings. The Balaban J connectivity index is 1.68. The van der Waals surface area contributed by atoms with Crippen LogP contribution < -0.4 is 5.73 Å². The highest BCUT2D eigenvalue weighted by atomic mass is 16.5. The lowest BCUT2D eigenvalue weighted by molar-refractivity contribution is -0.138. The highest BCUT2D eigenvalue weighted by molar-refractivity contribution is 5.92. The Bertz CT molecular complexity index is 570. The van der Waals surface area contributed by atoms with Crippen molar-refractivity contribution in [2.24, 2.45) is 5.73 Å². The minimum absolute atomic E-state index is 0.183. The summed E-state index contributed by atoms with van der Waals surface area (Å²) in [5.41, 5.74) is 8.32. The van der Waals surface area contributed by atoms with Gasteiger partial charge in [0.05, 0.1) is 18.6 Å². The first kappa shape index (κ1) is 13.3. The van der Waals surface area contributed by atoms with E-state index in [4.69, 9.17) is 10.5 Å². The van der Waals surface area contributed by atoms with Crippen LogP contribution in [0.3, 0.4) is 0 Å². The molecule has 0 atom stereocenters. The molecule has 0 bridgehead atoms. The molecule has 21 heavy (non-hydrogen) atoms. The molecular weight excluding hydrogens is 264 g/mol. The molecule has 2 N–H and O–H groups in total. The fourth-order valence-electron chi connectivity index (χ4n) is 3.53. The lowest BCUT2D eigenvalue weighted by Gasteiger charge is -2.32. The summed E-state index contributed by atoms with van der Waals surface area (Å²) in [6, 6.07) is 8.32. The van der Waals surface area contributed by atoms with Crippen molar-refractivity contribution in [2.75, 3.05) is 26.3 Å². The molecule has 2 saturated carbocycles. The third kappa shape index (κ3) is 2.09. The van der Waals surface area contributed by atoms with Gasteiger partial charge in [0.15, 0.2) is 0 Å². The monoisotopic (exact) mass is 286 g/mol. The topological polar surface area (TPSA) is 55.6 Å². The van der Waals surface area contributed by atoms with Crippen molar-refractivity contribution in [1.29, 1.82) is 0 Å². The number of hydrogen-bond acceptors (Lipinski definition) is 3. The van der Waals surface area contributed by atoms with Crippen molar-refractivity contribution in [1.82, 2.24) is 4.90 Å². The zero-order valence-electron chi connectivity index (χ0n) is 12.3. The fraction of sp³-hybridized carbons (Fsp3) is 0.588. The lowest BCUT2D eigenvalue weighted by Crippen LogP contribution is -2.46. The molecule has 1 aromatic rings. The SMILES string of the molecule is NC1(c2ccccc2C2(C(=O)N3CCOCC3)CC2)CC1. The largest absolute Gasteiger partial charge is 0.378 e. The number of carbonyl (C=O) groups excluding carboxylic acids is 1. The molecule has 2 aliphatic carbocycles. The highest BCUT2D eigenvalue weighted by Crippen LogP contribution is 2.55. The van der Waals surface area contributed by atoms with Gasteiger partial charge in [-0.3, -0.25) is 4.79 Å². The Morgan fingerprint density at radius 3 is 2.24 bits per heavy atom. The van der Waals surface area contributed by atoms with Gasteiger partial charge in [-0.25, -0.2) is 0 Å². The van der Waals surface area contributed by atoms with Gasteiger partial charge in [-0.1, -0.05) is 24.3 Å². The molecule has 4 nitrogen and oxygen atoms in total. The maximum atomic E-state index is 13.0. The molecule has 1 aromatic carbocycles. The molecule has 1 amide bonds. The Morgan fingerprint density at radius 2 is 1.67 bits per heavy atom. The summed E-state index contributed by atoms with van der Waals surface area (Å²) in [6.07, 6.45) is 3.98. The number of ether oxygens (including phenoxy) is 1. The predicted molar refractivity (Wildman–Crippen MR) is 79.9 cm³/mol. The van der Waals surface area contributed by atoms with Gasteiger partial charge >= 0.3 is 0 Å². The van der Waals surface area contributed by atoms with Gasteiger partial charge in [0, 0.05) is 18.6 Å². The fourth-order valence-corrected chi connectivity index (χ4v) is 3.53. The molecule has 112 valence electrons. The van der Waals surface area contributed by atoms with Gasteiger partial charge in [0.1, 0.15) is 0 Å². The zero-order chi connectivity index (χ0) is 14.5. The summed E-state index contributed by atoms with van der Waals surface area (Å²) in [6.45, 7) is 2.75. The maximum Gasteiger partial charge on any atom is 0.233 e. The summed E-state index contributed by atoms with van der Waals surface area (Å²) < 4.78 is 5.36. The van der Waals surface area contributed by atoms with Gasteiger partial charge in [-0.05, 0) is 36.8 Å². The Kier molecular flexibility index (Phi) is 2.88. The summed E-state index contributed by atoms with van der Waals surface area (Å²) in [5.74, 6) is 0.280. The molecular formula is C17H22N2O2. The van der Waals surface area contributed by atoms with Crippen molar-refractivity contribution < 1.29 is 9.53 Å². The van der Waals surface area contributed by atoms with E-state index in [0.29, 0.717) is 13.2 Å². The van der Waals surface area contributed by atoms with E-state index in [1.54, 1.807) is 0 Å². The number of nitrogens with zero attached hydrogens (tertiary/aromatic N) is 1. The van der Waals surface area contributed by atoms with Gasteiger partial charge in [0.25, 0.3) is 0 Å². The normalized spacial score (nSPS) is 25.5. The van der Waals surface area contributed by atoms with E-state index >= 15 is 0 Å². The van der Waals surface area contributed by atoms with Crippen LogP contribution in [0, 0.1) is 0 Å². The number of nitrogens with two attached hydrogens (primary N) is 1. The third-order valence-corrected chi connectivity index (χ3v) is 5.23. The maximum absolute atomic E-state index is 13.0. The van der Waals surface area contributed by atoms with Crippen molar-refractivity contribution in [3.63, 3.8) is 0 Å². The molecule has 0 radical (unpaired) electrons. The van der Waals surface area contributed by atoms with E-state index in [-0.39, 0.29) is 16.9 Å². The molecule has 1 heterocycles. The van der Waals surface area contributed by atoms with Gasteiger partial charge < -0.3 is 15.4 Å². The third-order valence-electron chi connectivity index (χ3n) is 5.23. The Hall–Kier alpha value is -1.39. The standard InChI is InChI=1S/C17H22N2O2/c18-17(7-8-17)14-4-2-1-3-13(14)16(5-6-16)15(20)19-9-11-21-12-10-19/h1-4H,5-12,18H2. The van der Waals surface area contributed by atoms with E-state index in [2.05, 4.69) is 12.1 Å². The van der Waals surface area contributed by atoms with Gasteiger partial charge in [0.2, 0.25) is 5.91 Å². The number of amides is 1. The zero-order valence-corrected chi connectivity index (χ0v) is 12.3. The second-order valence-electron chi connectivity index (χ2n) is 6.69. The Morgan fingerprint density at radius 1 is 1.05 bits per heavy atom. The minimum atomic E-state index is -0.303. The van der Waals surface area contributed by atoms with Crippen LogP contribution in [-0.4, -0.2) is 37.1 Å². The van der Waals surface area contributed by atoms with Crippen LogP contribution in [-0.2, 0) is 20.5 Å². The van der Waals surface area contributed by atoms with Crippen molar-refractivity contribution in [3.05, 3.63) is 35.4 Å². The predicted octanol–water partition coefficient (Wildman–Crippen LogP) is 1.52. The first-order valence-electron chi connectivity index (χ1n) is 7.92. The van der Waals surface area contributed by atoms with Gasteiger partial charge in [-0.15, -0.1) is 0 Å². The van der Waals surface area contributed by atoms with E-state index in [0.717, 1.165) is 38.8 Å². The molecule has 1 saturated heterocycles. The quantitative estimate of drug-likeness (QED) is 0.916. The van der Waals surface area contributed by atoms with Crippen LogP contribution in [0.5, 0.6) is 0 Å². The number of carbonyl (C=O) groups is 1. The van der Waals surface area contributed by atoms with Crippen molar-refractivity contribution >= 4 is 5.91 Å². The van der Waals surface area contributed by atoms with Crippen LogP contribution in [0.4, 0.5) is 0 Å². The number of benzene rings is 1. The molecule has 0 aromatic heterocycles. The van der Waals surface area contributed by atoms with Gasteiger partial charge in [-0.2, -0.15) is 0 Å². The smallest absolute Gasteiger partial charge is 0.233 e. The van der Waals surface area contributed by atoms with Crippen LogP contribution in [0.1, 0.15) is 36.8 Å². The Labute approximate surface area is 125 Å². The van der Waals surface area contributed by atoms with Crippen LogP contribution in [0.15, 0.2) is 24.3 Å². The van der Waals surface area contributed by atoms with E-state index < -0.39 is 0 Å². The number of morpholine rings is 1. The molecule has 3 fully saturated rings. The molecule has 0 spiro atoms. The number of hydrogen-bond donors (Lipinski definition) is 1. The van der Waals surface area contributed by atoms with Crippen molar-refractivity contribution in [2.45, 2.75) is 36.6 Å². The van der Waals surface area contributed by atoms with E-state index in [1.165, 1.54) is 11.1 Å². The highest BCUT2D eigenvalue weighted by Gasteiger charge is 2.56. The van der Waals surface area contributed by atoms with Crippen LogP contribution in [0.25, 0.3) is 0 Å². The average molecular weight is 286 g/mol. The first-order valence-corrected chi connectivity index (χ1v) is 7.92.